The molecule has 2 N–H and O–H groups in total. The lowest BCUT2D eigenvalue weighted by atomic mass is 10.1. The highest BCUT2D eigenvalue weighted by molar-refractivity contribution is 5.97. The van der Waals surface area contributed by atoms with E-state index in [1.54, 1.807) is 43.4 Å². The van der Waals surface area contributed by atoms with E-state index in [9.17, 15) is 9.59 Å². The van der Waals surface area contributed by atoms with Crippen LogP contribution in [0.25, 0.3) is 0 Å². The number of nitrogens with two attached hydrogens (primary N) is 1. The van der Waals surface area contributed by atoms with Crippen molar-refractivity contribution in [2.24, 2.45) is 10.9 Å². The highest BCUT2D eigenvalue weighted by Crippen LogP contribution is 2.28. The lowest BCUT2D eigenvalue weighted by molar-refractivity contribution is -0.130. The number of benzene rings is 2. The van der Waals surface area contributed by atoms with Gasteiger partial charge in [0.25, 0.3) is 11.8 Å². The highest BCUT2D eigenvalue weighted by atomic mass is 16.5. The smallest absolute Gasteiger partial charge is 0.259 e. The lowest BCUT2D eigenvalue weighted by Gasteiger charge is -2.31. The first-order valence-electron chi connectivity index (χ1n) is 13.0. The normalized spacial score (nSPS) is 11.2. The number of likely N-dealkylation sites (N-methyl/N-ethyl adjacent to an activating group) is 1. The predicted octanol–water partition coefficient (Wildman–Crippen LogP) is 4.33. The van der Waals surface area contributed by atoms with Crippen LogP contribution in [0.1, 0.15) is 62.9 Å². The van der Waals surface area contributed by atoms with Gasteiger partial charge in [0.15, 0.2) is 6.61 Å². The van der Waals surface area contributed by atoms with Crippen LogP contribution in [0.15, 0.2) is 47.6 Å². The molecule has 0 aliphatic rings. The average Bonchev–Trinajstić information content (AvgIpc) is 2.87. The number of rotatable bonds is 15. The van der Waals surface area contributed by atoms with Gasteiger partial charge in [-0.3, -0.25) is 9.59 Å². The number of ether oxygens (including phenoxy) is 3. The second-order valence-electron chi connectivity index (χ2n) is 9.74. The molecule has 2 amide bonds. The molecular weight excluding hydrogens is 484 g/mol. The van der Waals surface area contributed by atoms with Gasteiger partial charge in [-0.25, -0.2) is 0 Å². The maximum Gasteiger partial charge on any atom is 0.259 e. The number of hydrogen-bond acceptors (Lipinski definition) is 7. The van der Waals surface area contributed by atoms with Gasteiger partial charge in [-0.1, -0.05) is 0 Å². The monoisotopic (exact) mass is 526 g/mol. The molecule has 0 radical (unpaired) electrons. The molecule has 0 heterocycles. The Morgan fingerprint density at radius 2 is 1.45 bits per heavy atom. The lowest BCUT2D eigenvalue weighted by Crippen LogP contribution is -2.42. The SMILES string of the molecule is CC(C)N(C(=O)c1ccc(OCCCCCOc2ccc(C=NN)cc2)cc1OCC(=O)N(C)C)C(C)C. The van der Waals surface area contributed by atoms with Crippen molar-refractivity contribution in [2.75, 3.05) is 33.9 Å². The van der Waals surface area contributed by atoms with Crippen molar-refractivity contribution >= 4 is 18.0 Å². The Labute approximate surface area is 226 Å². The number of hydrazone groups is 1. The van der Waals surface area contributed by atoms with Gasteiger partial charge in [-0.2, -0.15) is 5.10 Å². The Balaban J connectivity index is 1.92. The summed E-state index contributed by atoms with van der Waals surface area (Å²) >= 11 is 0. The van der Waals surface area contributed by atoms with E-state index >= 15 is 0 Å². The summed E-state index contributed by atoms with van der Waals surface area (Å²) in [6.45, 7) is 8.87. The Bertz CT molecular complexity index is 1040. The summed E-state index contributed by atoms with van der Waals surface area (Å²) in [7, 11) is 3.33. The van der Waals surface area contributed by atoms with Crippen molar-refractivity contribution in [1.82, 2.24) is 9.80 Å². The van der Waals surface area contributed by atoms with Crippen LogP contribution >= 0.6 is 0 Å². The van der Waals surface area contributed by atoms with E-state index in [2.05, 4.69) is 5.10 Å². The Morgan fingerprint density at radius 3 is 2.00 bits per heavy atom. The number of amides is 2. The molecule has 9 heteroatoms. The van der Waals surface area contributed by atoms with E-state index in [0.29, 0.717) is 30.3 Å². The molecule has 0 atom stereocenters. The minimum Gasteiger partial charge on any atom is -0.494 e. The van der Waals surface area contributed by atoms with Crippen LogP contribution in [0.4, 0.5) is 0 Å². The first-order chi connectivity index (χ1) is 18.1. The van der Waals surface area contributed by atoms with Gasteiger partial charge in [0.1, 0.15) is 17.2 Å². The molecule has 0 bridgehead atoms. The molecule has 0 aromatic heterocycles. The number of carbonyl (C=O) groups excluding carboxylic acids is 2. The standard InChI is InChI=1S/C29H42N4O5/c1-21(2)33(22(3)4)29(35)26-15-14-25(18-27(26)38-20-28(34)32(5)6)37-17-9-7-8-16-36-24-12-10-23(11-13-24)19-31-30/h10-15,18-19,21-22H,7-9,16-17,20,30H2,1-6H3. The summed E-state index contributed by atoms with van der Waals surface area (Å²) in [4.78, 5) is 28.7. The predicted molar refractivity (Wildman–Crippen MR) is 150 cm³/mol. The van der Waals surface area contributed by atoms with Crippen molar-refractivity contribution in [2.45, 2.75) is 59.0 Å². The van der Waals surface area contributed by atoms with Gasteiger partial charge in [0, 0.05) is 32.2 Å². The molecular formula is C29H42N4O5. The fourth-order valence-corrected chi connectivity index (χ4v) is 3.86. The second-order valence-corrected chi connectivity index (χ2v) is 9.74. The zero-order valence-corrected chi connectivity index (χ0v) is 23.5. The molecule has 208 valence electrons. The van der Waals surface area contributed by atoms with E-state index in [0.717, 1.165) is 30.6 Å². The largest absolute Gasteiger partial charge is 0.494 e. The van der Waals surface area contributed by atoms with Gasteiger partial charge in [-0.05, 0) is 88.9 Å². The van der Waals surface area contributed by atoms with Crippen molar-refractivity contribution in [1.29, 1.82) is 0 Å². The number of carbonyl (C=O) groups is 2. The molecule has 2 aromatic carbocycles. The molecule has 0 saturated carbocycles. The van der Waals surface area contributed by atoms with E-state index in [4.69, 9.17) is 20.1 Å². The summed E-state index contributed by atoms with van der Waals surface area (Å²) in [5.74, 6) is 6.55. The van der Waals surface area contributed by atoms with E-state index in [-0.39, 0.29) is 30.5 Å². The van der Waals surface area contributed by atoms with Gasteiger partial charge < -0.3 is 29.9 Å². The highest BCUT2D eigenvalue weighted by Gasteiger charge is 2.25. The Hall–Kier alpha value is -3.75. The third-order valence-electron chi connectivity index (χ3n) is 5.81. The zero-order valence-electron chi connectivity index (χ0n) is 23.5. The molecule has 0 spiro atoms. The molecule has 0 saturated heterocycles. The molecule has 9 nitrogen and oxygen atoms in total. The topological polar surface area (TPSA) is 107 Å². The summed E-state index contributed by atoms with van der Waals surface area (Å²) in [6.07, 6.45) is 4.26. The van der Waals surface area contributed by atoms with Crippen molar-refractivity contribution in [3.8, 4) is 17.2 Å². The summed E-state index contributed by atoms with van der Waals surface area (Å²) in [5, 5.41) is 3.50. The Kier molecular flexibility index (Phi) is 12.4. The van der Waals surface area contributed by atoms with Crippen LogP contribution in [-0.2, 0) is 4.79 Å². The molecule has 0 aliphatic carbocycles. The van der Waals surface area contributed by atoms with Gasteiger partial charge in [-0.15, -0.1) is 0 Å². The summed E-state index contributed by atoms with van der Waals surface area (Å²) in [6, 6.07) is 12.8. The number of nitrogens with zero attached hydrogens (tertiary/aromatic N) is 3. The third kappa shape index (κ3) is 9.61. The fourth-order valence-electron chi connectivity index (χ4n) is 3.86. The minimum atomic E-state index is -0.193. The zero-order chi connectivity index (χ0) is 28.1. The number of unbranched alkanes of at least 4 members (excludes halogenated alkanes) is 2. The second kappa shape index (κ2) is 15.5. The van der Waals surface area contributed by atoms with Crippen LogP contribution in [-0.4, -0.2) is 73.8 Å². The first-order valence-corrected chi connectivity index (χ1v) is 13.0. The van der Waals surface area contributed by atoms with E-state index in [1.807, 2.05) is 52.0 Å². The summed E-state index contributed by atoms with van der Waals surface area (Å²) < 4.78 is 17.5. The maximum atomic E-state index is 13.3. The quantitative estimate of drug-likeness (QED) is 0.160. The Morgan fingerprint density at radius 1 is 0.868 bits per heavy atom. The first kappa shape index (κ1) is 30.5. The van der Waals surface area contributed by atoms with Crippen molar-refractivity contribution in [3.63, 3.8) is 0 Å². The van der Waals surface area contributed by atoms with Crippen LogP contribution in [0.5, 0.6) is 17.2 Å². The van der Waals surface area contributed by atoms with E-state index in [1.165, 1.54) is 4.90 Å². The average molecular weight is 527 g/mol. The van der Waals surface area contributed by atoms with Crippen LogP contribution in [0.2, 0.25) is 0 Å². The summed E-state index contributed by atoms with van der Waals surface area (Å²) in [5.41, 5.74) is 1.33. The van der Waals surface area contributed by atoms with Crippen molar-refractivity contribution < 1.29 is 23.8 Å². The van der Waals surface area contributed by atoms with Crippen LogP contribution in [0.3, 0.4) is 0 Å². The van der Waals surface area contributed by atoms with Crippen molar-refractivity contribution in [3.05, 3.63) is 53.6 Å². The van der Waals surface area contributed by atoms with Gasteiger partial charge >= 0.3 is 0 Å². The van der Waals surface area contributed by atoms with Crippen LogP contribution < -0.4 is 20.1 Å². The molecule has 2 rings (SSSR count). The van der Waals surface area contributed by atoms with Gasteiger partial charge in [0.05, 0.1) is 25.0 Å². The van der Waals surface area contributed by atoms with E-state index < -0.39 is 0 Å². The number of hydrogen-bond donors (Lipinski definition) is 1. The van der Waals surface area contributed by atoms with Crippen LogP contribution in [0, 0.1) is 0 Å². The van der Waals surface area contributed by atoms with Gasteiger partial charge in [0.2, 0.25) is 0 Å². The minimum absolute atomic E-state index is 0.0173. The molecule has 38 heavy (non-hydrogen) atoms. The fraction of sp³-hybridized carbons (Fsp3) is 0.483. The maximum absolute atomic E-state index is 13.3. The molecule has 0 unspecified atom stereocenters. The third-order valence-corrected chi connectivity index (χ3v) is 5.81. The molecule has 0 fully saturated rings. The molecule has 0 aliphatic heterocycles. The molecule has 2 aromatic rings.